The molecule has 2 heterocycles. The SMILES string of the molecule is CC(=O)NC1CCCN(Cc2cc(C3CC3)on2)C1. The summed E-state index contributed by atoms with van der Waals surface area (Å²) in [5.74, 6) is 1.73. The van der Waals surface area contributed by atoms with Crippen molar-refractivity contribution in [1.82, 2.24) is 15.4 Å². The molecule has 0 bridgehead atoms. The van der Waals surface area contributed by atoms with Crippen LogP contribution in [0.1, 0.15) is 50.0 Å². The molecule has 0 spiro atoms. The maximum Gasteiger partial charge on any atom is 0.217 e. The number of aromatic nitrogens is 1. The Morgan fingerprint density at radius 1 is 1.53 bits per heavy atom. The van der Waals surface area contributed by atoms with Crippen molar-refractivity contribution in [3.8, 4) is 0 Å². The number of carbonyl (C=O) groups excluding carboxylic acids is 1. The summed E-state index contributed by atoms with van der Waals surface area (Å²) in [7, 11) is 0. The van der Waals surface area contributed by atoms with Crippen LogP contribution in [0.4, 0.5) is 0 Å². The molecule has 1 N–H and O–H groups in total. The van der Waals surface area contributed by atoms with E-state index in [-0.39, 0.29) is 11.9 Å². The Balaban J connectivity index is 1.54. The van der Waals surface area contributed by atoms with Crippen LogP contribution in [0.25, 0.3) is 0 Å². The Labute approximate surface area is 113 Å². The summed E-state index contributed by atoms with van der Waals surface area (Å²) in [5.41, 5.74) is 1.02. The molecule has 3 rings (SSSR count). The Morgan fingerprint density at radius 3 is 3.11 bits per heavy atom. The van der Waals surface area contributed by atoms with E-state index in [0.717, 1.165) is 43.9 Å². The number of likely N-dealkylation sites (tertiary alicyclic amines) is 1. The van der Waals surface area contributed by atoms with Gasteiger partial charge in [-0.3, -0.25) is 9.69 Å². The molecule has 1 aromatic heterocycles. The molecule has 104 valence electrons. The van der Waals surface area contributed by atoms with E-state index in [2.05, 4.69) is 21.4 Å². The van der Waals surface area contributed by atoms with Gasteiger partial charge in [0.05, 0.1) is 5.69 Å². The fourth-order valence-electron chi connectivity index (χ4n) is 2.80. The van der Waals surface area contributed by atoms with Gasteiger partial charge in [0.2, 0.25) is 5.91 Å². The second-order valence-corrected chi connectivity index (χ2v) is 5.77. The predicted octanol–water partition coefficient (Wildman–Crippen LogP) is 1.65. The summed E-state index contributed by atoms with van der Waals surface area (Å²) in [6.07, 6.45) is 4.67. The van der Waals surface area contributed by atoms with Gasteiger partial charge in [0.1, 0.15) is 5.76 Å². The minimum atomic E-state index is 0.0595. The smallest absolute Gasteiger partial charge is 0.217 e. The van der Waals surface area contributed by atoms with E-state index in [4.69, 9.17) is 4.52 Å². The first-order valence-corrected chi connectivity index (χ1v) is 7.15. The number of nitrogens with one attached hydrogen (secondary N) is 1. The average molecular weight is 263 g/mol. The molecule has 5 heteroatoms. The highest BCUT2D eigenvalue weighted by atomic mass is 16.5. The zero-order chi connectivity index (χ0) is 13.2. The van der Waals surface area contributed by atoms with Gasteiger partial charge in [0.25, 0.3) is 0 Å². The molecular formula is C14H21N3O2. The lowest BCUT2D eigenvalue weighted by atomic mass is 10.1. The third-order valence-corrected chi connectivity index (χ3v) is 3.86. The molecule has 1 saturated carbocycles. The van der Waals surface area contributed by atoms with Gasteiger partial charge in [-0.2, -0.15) is 0 Å². The van der Waals surface area contributed by atoms with E-state index in [9.17, 15) is 4.79 Å². The monoisotopic (exact) mass is 263 g/mol. The van der Waals surface area contributed by atoms with Crippen LogP contribution in [0.5, 0.6) is 0 Å². The van der Waals surface area contributed by atoms with Crippen LogP contribution in [-0.2, 0) is 11.3 Å². The Hall–Kier alpha value is -1.36. The van der Waals surface area contributed by atoms with Gasteiger partial charge in [0.15, 0.2) is 0 Å². The quantitative estimate of drug-likeness (QED) is 0.897. The highest BCUT2D eigenvalue weighted by Gasteiger charge is 2.28. The number of rotatable bonds is 4. The Morgan fingerprint density at radius 2 is 2.37 bits per heavy atom. The molecule has 1 aliphatic heterocycles. The van der Waals surface area contributed by atoms with Gasteiger partial charge in [-0.1, -0.05) is 5.16 Å². The van der Waals surface area contributed by atoms with Crippen LogP contribution in [0.15, 0.2) is 10.6 Å². The fourth-order valence-corrected chi connectivity index (χ4v) is 2.80. The maximum atomic E-state index is 11.1. The topological polar surface area (TPSA) is 58.4 Å². The predicted molar refractivity (Wildman–Crippen MR) is 70.6 cm³/mol. The highest BCUT2D eigenvalue weighted by molar-refractivity contribution is 5.73. The molecule has 19 heavy (non-hydrogen) atoms. The zero-order valence-electron chi connectivity index (χ0n) is 11.4. The van der Waals surface area contributed by atoms with E-state index in [0.29, 0.717) is 5.92 Å². The molecule has 1 unspecified atom stereocenters. The van der Waals surface area contributed by atoms with E-state index in [1.807, 2.05) is 0 Å². The van der Waals surface area contributed by atoms with Crippen molar-refractivity contribution in [3.63, 3.8) is 0 Å². The first-order chi connectivity index (χ1) is 9.20. The van der Waals surface area contributed by atoms with Gasteiger partial charge in [-0.25, -0.2) is 0 Å². The number of hydrogen-bond acceptors (Lipinski definition) is 4. The molecule has 0 radical (unpaired) electrons. The molecular weight excluding hydrogens is 242 g/mol. The summed E-state index contributed by atoms with van der Waals surface area (Å²) in [6.45, 7) is 4.39. The van der Waals surface area contributed by atoms with Gasteiger partial charge < -0.3 is 9.84 Å². The number of amides is 1. The number of carbonyl (C=O) groups is 1. The second kappa shape index (κ2) is 5.33. The lowest BCUT2D eigenvalue weighted by molar-refractivity contribution is -0.120. The number of nitrogens with zero attached hydrogens (tertiary/aromatic N) is 2. The molecule has 2 aliphatic rings. The van der Waals surface area contributed by atoms with Crippen LogP contribution in [0, 0.1) is 0 Å². The number of hydrogen-bond donors (Lipinski definition) is 1. The van der Waals surface area contributed by atoms with Crippen molar-refractivity contribution in [2.24, 2.45) is 0 Å². The summed E-state index contributed by atoms with van der Waals surface area (Å²) < 4.78 is 5.38. The summed E-state index contributed by atoms with van der Waals surface area (Å²) >= 11 is 0. The molecule has 2 fully saturated rings. The van der Waals surface area contributed by atoms with Crippen molar-refractivity contribution < 1.29 is 9.32 Å². The van der Waals surface area contributed by atoms with Crippen molar-refractivity contribution in [2.75, 3.05) is 13.1 Å². The van der Waals surface area contributed by atoms with Gasteiger partial charge in [-0.05, 0) is 32.2 Å². The summed E-state index contributed by atoms with van der Waals surface area (Å²) in [6, 6.07) is 2.38. The number of piperidine rings is 1. The van der Waals surface area contributed by atoms with Crippen LogP contribution in [0.2, 0.25) is 0 Å². The van der Waals surface area contributed by atoms with Gasteiger partial charge in [0, 0.05) is 38.0 Å². The normalized spacial score (nSPS) is 24.4. The first kappa shape index (κ1) is 12.7. The maximum absolute atomic E-state index is 11.1. The van der Waals surface area contributed by atoms with Crippen LogP contribution in [-0.4, -0.2) is 35.1 Å². The second-order valence-electron chi connectivity index (χ2n) is 5.77. The van der Waals surface area contributed by atoms with E-state index in [1.54, 1.807) is 6.92 Å². The average Bonchev–Trinajstić information content (AvgIpc) is 3.10. The molecule has 1 aromatic rings. The molecule has 1 atom stereocenters. The third-order valence-electron chi connectivity index (χ3n) is 3.86. The lowest BCUT2D eigenvalue weighted by Gasteiger charge is -2.32. The third kappa shape index (κ3) is 3.35. The van der Waals surface area contributed by atoms with E-state index in [1.165, 1.54) is 12.8 Å². The molecule has 1 aliphatic carbocycles. The fraction of sp³-hybridized carbons (Fsp3) is 0.714. The molecule has 1 amide bonds. The van der Waals surface area contributed by atoms with Crippen molar-refractivity contribution >= 4 is 5.91 Å². The highest BCUT2D eigenvalue weighted by Crippen LogP contribution is 2.40. The Kier molecular flexibility index (Phi) is 3.55. The minimum absolute atomic E-state index is 0.0595. The standard InChI is InChI=1S/C14H21N3O2/c1-10(18)15-12-3-2-6-17(8-12)9-13-7-14(19-16-13)11-4-5-11/h7,11-12H,2-6,8-9H2,1H3,(H,15,18). The summed E-state index contributed by atoms with van der Waals surface area (Å²) in [5, 5.41) is 7.16. The van der Waals surface area contributed by atoms with Crippen LogP contribution < -0.4 is 5.32 Å². The Bertz CT molecular complexity index is 453. The largest absolute Gasteiger partial charge is 0.361 e. The van der Waals surface area contributed by atoms with E-state index < -0.39 is 0 Å². The van der Waals surface area contributed by atoms with E-state index >= 15 is 0 Å². The lowest BCUT2D eigenvalue weighted by Crippen LogP contribution is -2.46. The zero-order valence-corrected chi connectivity index (χ0v) is 11.4. The van der Waals surface area contributed by atoms with Gasteiger partial charge >= 0.3 is 0 Å². The first-order valence-electron chi connectivity index (χ1n) is 7.15. The molecule has 0 aromatic carbocycles. The van der Waals surface area contributed by atoms with Crippen molar-refractivity contribution in [1.29, 1.82) is 0 Å². The van der Waals surface area contributed by atoms with Crippen molar-refractivity contribution in [2.45, 2.75) is 51.1 Å². The summed E-state index contributed by atoms with van der Waals surface area (Å²) in [4.78, 5) is 13.5. The van der Waals surface area contributed by atoms with Gasteiger partial charge in [-0.15, -0.1) is 0 Å². The molecule has 1 saturated heterocycles. The molecule has 5 nitrogen and oxygen atoms in total. The van der Waals surface area contributed by atoms with Crippen LogP contribution >= 0.6 is 0 Å². The van der Waals surface area contributed by atoms with Crippen LogP contribution in [0.3, 0.4) is 0 Å². The minimum Gasteiger partial charge on any atom is -0.361 e. The van der Waals surface area contributed by atoms with Crippen molar-refractivity contribution in [3.05, 3.63) is 17.5 Å².